The fourth-order valence-electron chi connectivity index (χ4n) is 6.02. The second-order valence-electron chi connectivity index (χ2n) is 12.5. The molecule has 2 atom stereocenters. The molecule has 0 radical (unpaired) electrons. The van der Waals surface area contributed by atoms with E-state index in [1.165, 1.54) is 33.5 Å². The molecule has 2 unspecified atom stereocenters. The molecule has 0 saturated carbocycles. The van der Waals surface area contributed by atoms with Crippen LogP contribution < -0.4 is 39.3 Å². The maximum atomic E-state index is 12.8. The highest BCUT2D eigenvalue weighted by Gasteiger charge is 2.36. The van der Waals surface area contributed by atoms with E-state index < -0.39 is 22.6 Å². The third-order valence-corrected chi connectivity index (χ3v) is 11.3. The second-order valence-corrected chi connectivity index (χ2v) is 14.7. The number of thioether (sulfide) groups is 2. The number of hydrogen-bond acceptors (Lipinski definition) is 12. The average molecular weight is 803 g/mol. The Kier molecular flexibility index (Phi) is 13.4. The van der Waals surface area contributed by atoms with Gasteiger partial charge in [0.05, 0.1) is 39.9 Å². The van der Waals surface area contributed by atoms with E-state index in [1.54, 1.807) is 77.0 Å². The molecule has 4 aromatic carbocycles. The Hall–Kier alpha value is -5.74. The summed E-state index contributed by atoms with van der Waals surface area (Å²) in [5.74, 6) is 2.38. The van der Waals surface area contributed by atoms with Gasteiger partial charge in [0.15, 0.2) is 36.2 Å². The fraction of sp³-hybridized carbons (Fsp3) is 0.300. The van der Waals surface area contributed by atoms with Gasteiger partial charge in [-0.15, -0.1) is 23.5 Å². The molecule has 2 N–H and O–H groups in total. The smallest absolute Gasteiger partial charge is 0.276 e. The normalized spacial score (nSPS) is 16.4. The molecule has 16 heteroatoms. The Morgan fingerprint density at radius 2 is 0.946 bits per heavy atom. The van der Waals surface area contributed by atoms with Crippen LogP contribution in [0.5, 0.6) is 34.5 Å². The quantitative estimate of drug-likeness (QED) is 0.150. The van der Waals surface area contributed by atoms with E-state index in [-0.39, 0.29) is 36.5 Å². The molecule has 56 heavy (non-hydrogen) atoms. The predicted molar refractivity (Wildman–Crippen MR) is 211 cm³/mol. The zero-order chi connectivity index (χ0) is 39.6. The third kappa shape index (κ3) is 9.73. The molecule has 294 valence electrons. The summed E-state index contributed by atoms with van der Waals surface area (Å²) >= 11 is 2.80. The number of ether oxygens (including phenoxy) is 6. The van der Waals surface area contributed by atoms with Crippen LogP contribution in [0.4, 0.5) is 0 Å². The highest BCUT2D eigenvalue weighted by Crippen LogP contribution is 2.42. The molecular formula is C40H42N4O10S2. The largest absolute Gasteiger partial charge is 0.493 e. The summed E-state index contributed by atoms with van der Waals surface area (Å²) < 4.78 is 32.8. The number of rotatable bonds is 17. The number of nitrogens with one attached hydrogen (secondary N) is 2. The van der Waals surface area contributed by atoms with Gasteiger partial charge in [0.2, 0.25) is 0 Å². The lowest BCUT2D eigenvalue weighted by molar-refractivity contribution is -0.140. The van der Waals surface area contributed by atoms with Crippen molar-refractivity contribution in [3.05, 3.63) is 107 Å². The van der Waals surface area contributed by atoms with Gasteiger partial charge in [-0.1, -0.05) is 36.4 Å². The van der Waals surface area contributed by atoms with Gasteiger partial charge in [0.1, 0.15) is 22.2 Å². The van der Waals surface area contributed by atoms with Crippen molar-refractivity contribution in [2.45, 2.75) is 23.6 Å². The van der Waals surface area contributed by atoms with E-state index in [4.69, 9.17) is 28.4 Å². The highest BCUT2D eigenvalue weighted by molar-refractivity contribution is 8.00. The number of amides is 4. The van der Waals surface area contributed by atoms with Gasteiger partial charge >= 0.3 is 0 Å². The van der Waals surface area contributed by atoms with Crippen molar-refractivity contribution < 1.29 is 47.6 Å². The van der Waals surface area contributed by atoms with E-state index >= 15 is 0 Å². The standard InChI is InChI=1S/C40H42N4O10S2/c1-49-31-17-11-27(19-33(31)51-3)39-43(37(47)23-55-39)41-35(45)21-53-29-13-7-25(8-14-29)5-6-26-9-15-30(16-10-26)54-22-36(46)42-44-38(48)24-56-40(44)28-12-18-32(50-2)34(20-28)52-4/h7-20,39-40H,5-6,21-24H2,1-4H3,(H,41,45)(H,42,46). The lowest BCUT2D eigenvalue weighted by Gasteiger charge is -2.25. The van der Waals surface area contributed by atoms with Crippen molar-refractivity contribution in [3.8, 4) is 34.5 Å². The average Bonchev–Trinajstić information content (AvgIpc) is 3.78. The molecule has 2 fully saturated rings. The van der Waals surface area contributed by atoms with E-state index in [0.717, 1.165) is 35.1 Å². The number of aryl methyl sites for hydroxylation is 2. The monoisotopic (exact) mass is 802 g/mol. The van der Waals surface area contributed by atoms with E-state index in [2.05, 4.69) is 10.9 Å². The van der Waals surface area contributed by atoms with Crippen molar-refractivity contribution in [1.29, 1.82) is 0 Å². The molecule has 4 amide bonds. The summed E-state index contributed by atoms with van der Waals surface area (Å²) in [6.07, 6.45) is 1.53. The van der Waals surface area contributed by atoms with Gasteiger partial charge in [0.25, 0.3) is 23.6 Å². The van der Waals surface area contributed by atoms with Crippen LogP contribution in [-0.2, 0) is 32.0 Å². The summed E-state index contributed by atoms with van der Waals surface area (Å²) in [5.41, 5.74) is 9.12. The molecule has 2 saturated heterocycles. The Morgan fingerprint density at radius 1 is 0.571 bits per heavy atom. The van der Waals surface area contributed by atoms with Crippen LogP contribution in [0, 0.1) is 0 Å². The third-order valence-electron chi connectivity index (χ3n) is 8.90. The minimum absolute atomic E-state index is 0.213. The molecular weight excluding hydrogens is 761 g/mol. The molecule has 6 rings (SSSR count). The van der Waals surface area contributed by atoms with Crippen LogP contribution in [0.1, 0.15) is 33.0 Å². The van der Waals surface area contributed by atoms with Crippen molar-refractivity contribution in [3.63, 3.8) is 0 Å². The lowest BCUT2D eigenvalue weighted by atomic mass is 10.0. The van der Waals surface area contributed by atoms with Crippen molar-refractivity contribution in [1.82, 2.24) is 20.9 Å². The molecule has 0 aromatic heterocycles. The first kappa shape index (κ1) is 39.9. The number of hydrazine groups is 2. The van der Waals surface area contributed by atoms with Gasteiger partial charge in [-0.25, -0.2) is 10.0 Å². The van der Waals surface area contributed by atoms with Gasteiger partial charge in [0, 0.05) is 0 Å². The van der Waals surface area contributed by atoms with Crippen LogP contribution in [0.25, 0.3) is 0 Å². The van der Waals surface area contributed by atoms with Crippen molar-refractivity contribution in [2.24, 2.45) is 0 Å². The minimum Gasteiger partial charge on any atom is -0.493 e. The lowest BCUT2D eigenvalue weighted by Crippen LogP contribution is -2.46. The summed E-state index contributed by atoms with van der Waals surface area (Å²) in [6.45, 7) is -0.532. The number of benzene rings is 4. The first-order valence-electron chi connectivity index (χ1n) is 17.5. The Bertz CT molecular complexity index is 1890. The topological polar surface area (TPSA) is 154 Å². The molecule has 2 heterocycles. The zero-order valence-corrected chi connectivity index (χ0v) is 32.9. The van der Waals surface area contributed by atoms with E-state index in [1.807, 2.05) is 36.4 Å². The zero-order valence-electron chi connectivity index (χ0n) is 31.3. The Balaban J connectivity index is 0.925. The molecule has 14 nitrogen and oxygen atoms in total. The summed E-state index contributed by atoms with van der Waals surface area (Å²) in [5, 5.41) is 1.82. The molecule has 0 aliphatic carbocycles. The highest BCUT2D eigenvalue weighted by atomic mass is 32.2. The fourth-order valence-corrected chi connectivity index (χ4v) is 8.22. The first-order valence-corrected chi connectivity index (χ1v) is 19.6. The number of carbonyl (C=O) groups excluding carboxylic acids is 4. The second kappa shape index (κ2) is 18.7. The van der Waals surface area contributed by atoms with Gasteiger partial charge < -0.3 is 28.4 Å². The van der Waals surface area contributed by atoms with Crippen LogP contribution in [0.15, 0.2) is 84.9 Å². The minimum atomic E-state index is -0.455. The maximum Gasteiger partial charge on any atom is 0.276 e. The number of nitrogens with zero attached hydrogens (tertiary/aromatic N) is 2. The number of methoxy groups -OCH3 is 4. The molecule has 4 aromatic rings. The van der Waals surface area contributed by atoms with Crippen molar-refractivity contribution >= 4 is 47.2 Å². The first-order chi connectivity index (χ1) is 27.2. The van der Waals surface area contributed by atoms with Crippen LogP contribution >= 0.6 is 23.5 Å². The predicted octanol–water partition coefficient (Wildman–Crippen LogP) is 4.87. The summed E-state index contributed by atoms with van der Waals surface area (Å²) in [7, 11) is 6.18. The van der Waals surface area contributed by atoms with Crippen LogP contribution in [0.3, 0.4) is 0 Å². The molecule has 0 bridgehead atoms. The van der Waals surface area contributed by atoms with Gasteiger partial charge in [-0.3, -0.25) is 30.0 Å². The number of hydrogen-bond donors (Lipinski definition) is 2. The van der Waals surface area contributed by atoms with E-state index in [9.17, 15) is 19.2 Å². The maximum absolute atomic E-state index is 12.8. The Morgan fingerprint density at radius 3 is 1.30 bits per heavy atom. The SMILES string of the molecule is COc1ccc(C2SCC(=O)N2NC(=O)COc2ccc(CCc3ccc(OCC(=O)NN4C(=O)CSC4c4ccc(OC)c(OC)c4)cc3)cc2)cc1OC. The van der Waals surface area contributed by atoms with Crippen LogP contribution in [0.2, 0.25) is 0 Å². The number of carbonyl (C=O) groups is 4. The molecule has 2 aliphatic rings. The Labute approximate surface area is 333 Å². The summed E-state index contributed by atoms with van der Waals surface area (Å²) in [4.78, 5) is 50.8. The molecule has 2 aliphatic heterocycles. The van der Waals surface area contributed by atoms with E-state index in [0.29, 0.717) is 34.5 Å². The van der Waals surface area contributed by atoms with Gasteiger partial charge in [-0.2, -0.15) is 0 Å². The van der Waals surface area contributed by atoms with Gasteiger partial charge in [-0.05, 0) is 83.6 Å². The van der Waals surface area contributed by atoms with Crippen LogP contribution in [-0.4, -0.2) is 86.8 Å². The molecule has 0 spiro atoms. The summed E-state index contributed by atoms with van der Waals surface area (Å²) in [6, 6.07) is 25.8. The van der Waals surface area contributed by atoms with Crippen molar-refractivity contribution in [2.75, 3.05) is 53.2 Å².